The van der Waals surface area contributed by atoms with Crippen molar-refractivity contribution in [3.05, 3.63) is 95.3 Å². The minimum Gasteiger partial charge on any atom is -0.334 e. The molecule has 1 atom stereocenters. The Morgan fingerprint density at radius 1 is 1.12 bits per heavy atom. The molecule has 1 aromatic heterocycles. The highest BCUT2D eigenvalue weighted by Gasteiger charge is 2.28. The van der Waals surface area contributed by atoms with Crippen molar-refractivity contribution in [3.8, 4) is 0 Å². The van der Waals surface area contributed by atoms with Gasteiger partial charge in [-0.3, -0.25) is 9.48 Å². The van der Waals surface area contributed by atoms with Gasteiger partial charge in [-0.2, -0.15) is 5.10 Å². The standard InChI is InChI=1S/C22H21N3O/c1-24-14-19(13-23-24)21-16-25(15-18-9-5-6-10-20(18)21)22(26)12-11-17-7-3-2-4-8-17/h2-14,21H,15-16H2,1H3. The van der Waals surface area contributed by atoms with Gasteiger partial charge in [0, 0.05) is 38.3 Å². The molecule has 130 valence electrons. The Labute approximate surface area is 153 Å². The van der Waals surface area contributed by atoms with Crippen molar-refractivity contribution in [1.29, 1.82) is 0 Å². The smallest absolute Gasteiger partial charge is 0.246 e. The van der Waals surface area contributed by atoms with Crippen LogP contribution in [0.3, 0.4) is 0 Å². The molecular weight excluding hydrogens is 322 g/mol. The molecule has 3 aromatic rings. The molecular formula is C22H21N3O. The highest BCUT2D eigenvalue weighted by molar-refractivity contribution is 5.92. The predicted molar refractivity (Wildman–Crippen MR) is 102 cm³/mol. The Hall–Kier alpha value is -3.14. The van der Waals surface area contributed by atoms with Crippen LogP contribution in [0.1, 0.15) is 28.2 Å². The van der Waals surface area contributed by atoms with Gasteiger partial charge in [0.15, 0.2) is 0 Å². The average Bonchev–Trinajstić information content (AvgIpc) is 3.12. The lowest BCUT2D eigenvalue weighted by Crippen LogP contribution is -2.37. The van der Waals surface area contributed by atoms with E-state index in [-0.39, 0.29) is 11.8 Å². The zero-order valence-electron chi connectivity index (χ0n) is 14.7. The average molecular weight is 343 g/mol. The molecule has 0 radical (unpaired) electrons. The summed E-state index contributed by atoms with van der Waals surface area (Å²) in [5.41, 5.74) is 4.66. The monoisotopic (exact) mass is 343 g/mol. The summed E-state index contributed by atoms with van der Waals surface area (Å²) in [4.78, 5) is 14.7. The maximum absolute atomic E-state index is 12.8. The first kappa shape index (κ1) is 16.3. The molecule has 1 aliphatic heterocycles. The highest BCUT2D eigenvalue weighted by atomic mass is 16.2. The second-order valence-corrected chi connectivity index (χ2v) is 6.66. The molecule has 4 heteroatoms. The van der Waals surface area contributed by atoms with E-state index in [1.807, 2.05) is 71.5 Å². The number of aryl methyl sites for hydroxylation is 1. The zero-order valence-corrected chi connectivity index (χ0v) is 14.7. The largest absolute Gasteiger partial charge is 0.334 e. The molecule has 1 aliphatic rings. The van der Waals surface area contributed by atoms with Gasteiger partial charge in [0.05, 0.1) is 6.20 Å². The maximum atomic E-state index is 12.8. The maximum Gasteiger partial charge on any atom is 0.246 e. The van der Waals surface area contributed by atoms with E-state index < -0.39 is 0 Å². The van der Waals surface area contributed by atoms with Crippen LogP contribution in [0.15, 0.2) is 73.1 Å². The number of carbonyl (C=O) groups is 1. The van der Waals surface area contributed by atoms with Crippen LogP contribution >= 0.6 is 0 Å². The number of amides is 1. The molecule has 0 spiro atoms. The molecule has 4 rings (SSSR count). The third kappa shape index (κ3) is 3.31. The van der Waals surface area contributed by atoms with E-state index in [0.717, 1.165) is 11.1 Å². The fraction of sp³-hybridized carbons (Fsp3) is 0.182. The van der Waals surface area contributed by atoms with Crippen LogP contribution in [-0.4, -0.2) is 27.1 Å². The third-order valence-electron chi connectivity index (χ3n) is 4.85. The molecule has 1 unspecified atom stereocenters. The minimum atomic E-state index is 0.0391. The first-order chi connectivity index (χ1) is 12.7. The zero-order chi connectivity index (χ0) is 17.9. The lowest BCUT2D eigenvalue weighted by molar-refractivity contribution is -0.127. The van der Waals surface area contributed by atoms with Gasteiger partial charge in [0.1, 0.15) is 0 Å². The van der Waals surface area contributed by atoms with Gasteiger partial charge in [-0.05, 0) is 28.3 Å². The summed E-state index contributed by atoms with van der Waals surface area (Å²) < 4.78 is 1.81. The Bertz CT molecular complexity index is 943. The van der Waals surface area contributed by atoms with Gasteiger partial charge < -0.3 is 4.90 Å². The topological polar surface area (TPSA) is 38.1 Å². The predicted octanol–water partition coefficient (Wildman–Crippen LogP) is 3.61. The number of benzene rings is 2. The van der Waals surface area contributed by atoms with Crippen LogP contribution in [-0.2, 0) is 18.4 Å². The molecule has 4 nitrogen and oxygen atoms in total. The van der Waals surface area contributed by atoms with Gasteiger partial charge in [-0.1, -0.05) is 54.6 Å². The number of aromatic nitrogens is 2. The van der Waals surface area contributed by atoms with Crippen LogP contribution < -0.4 is 0 Å². The van der Waals surface area contributed by atoms with Crippen molar-refractivity contribution in [3.63, 3.8) is 0 Å². The molecule has 0 saturated carbocycles. The lowest BCUT2D eigenvalue weighted by atomic mass is 9.86. The molecule has 1 amide bonds. The molecule has 0 saturated heterocycles. The normalized spacial score (nSPS) is 16.7. The van der Waals surface area contributed by atoms with Crippen LogP contribution in [0, 0.1) is 0 Å². The summed E-state index contributed by atoms with van der Waals surface area (Å²) in [6, 6.07) is 18.3. The molecule has 2 heterocycles. The number of carbonyl (C=O) groups excluding carboxylic acids is 1. The van der Waals surface area contributed by atoms with E-state index in [2.05, 4.69) is 23.3 Å². The summed E-state index contributed by atoms with van der Waals surface area (Å²) in [6.45, 7) is 1.31. The summed E-state index contributed by atoms with van der Waals surface area (Å²) >= 11 is 0. The van der Waals surface area contributed by atoms with Crippen LogP contribution in [0.5, 0.6) is 0 Å². The van der Waals surface area contributed by atoms with Gasteiger partial charge >= 0.3 is 0 Å². The van der Waals surface area contributed by atoms with E-state index in [1.165, 1.54) is 11.1 Å². The van der Waals surface area contributed by atoms with Gasteiger partial charge in [0.25, 0.3) is 0 Å². The Balaban J connectivity index is 1.60. The molecule has 2 aromatic carbocycles. The molecule has 0 bridgehead atoms. The number of rotatable bonds is 3. The molecule has 0 fully saturated rings. The highest BCUT2D eigenvalue weighted by Crippen LogP contribution is 2.33. The van der Waals surface area contributed by atoms with Crippen molar-refractivity contribution >= 4 is 12.0 Å². The van der Waals surface area contributed by atoms with Crippen molar-refractivity contribution < 1.29 is 4.79 Å². The number of hydrogen-bond donors (Lipinski definition) is 0. The number of hydrogen-bond acceptors (Lipinski definition) is 2. The fourth-order valence-electron chi connectivity index (χ4n) is 3.52. The third-order valence-corrected chi connectivity index (χ3v) is 4.85. The van der Waals surface area contributed by atoms with E-state index in [1.54, 1.807) is 6.08 Å². The van der Waals surface area contributed by atoms with Crippen molar-refractivity contribution in [1.82, 2.24) is 14.7 Å². The second kappa shape index (κ2) is 7.00. The van der Waals surface area contributed by atoms with E-state index in [0.29, 0.717) is 13.1 Å². The van der Waals surface area contributed by atoms with Crippen molar-refractivity contribution in [2.24, 2.45) is 7.05 Å². The SMILES string of the molecule is Cn1cc(C2CN(C(=O)C=Cc3ccccc3)Cc3ccccc32)cn1. The van der Waals surface area contributed by atoms with Gasteiger partial charge in [0.2, 0.25) is 5.91 Å². The lowest BCUT2D eigenvalue weighted by Gasteiger charge is -2.34. The summed E-state index contributed by atoms with van der Waals surface area (Å²) in [5, 5.41) is 4.31. The molecule has 0 N–H and O–H groups in total. The van der Waals surface area contributed by atoms with Crippen molar-refractivity contribution in [2.75, 3.05) is 6.54 Å². The minimum absolute atomic E-state index is 0.0391. The first-order valence-electron chi connectivity index (χ1n) is 8.79. The quantitative estimate of drug-likeness (QED) is 0.682. The Morgan fingerprint density at radius 2 is 1.88 bits per heavy atom. The molecule has 26 heavy (non-hydrogen) atoms. The Kier molecular flexibility index (Phi) is 4.40. The summed E-state index contributed by atoms with van der Waals surface area (Å²) in [5.74, 6) is 0.194. The number of fused-ring (bicyclic) bond motifs is 1. The van der Waals surface area contributed by atoms with E-state index in [4.69, 9.17) is 0 Å². The Morgan fingerprint density at radius 3 is 2.65 bits per heavy atom. The fourth-order valence-corrected chi connectivity index (χ4v) is 3.52. The van der Waals surface area contributed by atoms with Crippen LogP contribution in [0.4, 0.5) is 0 Å². The second-order valence-electron chi connectivity index (χ2n) is 6.66. The summed E-state index contributed by atoms with van der Waals surface area (Å²) in [6.07, 6.45) is 7.48. The van der Waals surface area contributed by atoms with Gasteiger partial charge in [-0.15, -0.1) is 0 Å². The van der Waals surface area contributed by atoms with E-state index >= 15 is 0 Å². The molecule has 0 aliphatic carbocycles. The van der Waals surface area contributed by atoms with Crippen LogP contribution in [0.2, 0.25) is 0 Å². The van der Waals surface area contributed by atoms with Gasteiger partial charge in [-0.25, -0.2) is 0 Å². The van der Waals surface area contributed by atoms with Crippen LogP contribution in [0.25, 0.3) is 6.08 Å². The summed E-state index contributed by atoms with van der Waals surface area (Å²) in [7, 11) is 1.92. The van der Waals surface area contributed by atoms with Crippen molar-refractivity contribution in [2.45, 2.75) is 12.5 Å². The number of nitrogens with zero attached hydrogens (tertiary/aromatic N) is 3. The van der Waals surface area contributed by atoms with E-state index in [9.17, 15) is 4.79 Å². The first-order valence-corrected chi connectivity index (χ1v) is 8.79.